The third-order valence-electron chi connectivity index (χ3n) is 4.88. The summed E-state index contributed by atoms with van der Waals surface area (Å²) in [6.45, 7) is 7.46. The second-order valence-electron chi connectivity index (χ2n) is 7.09. The minimum atomic E-state index is 0. The van der Waals surface area contributed by atoms with E-state index in [0.29, 0.717) is 0 Å². The second kappa shape index (κ2) is 7.55. The number of rotatable bonds is 4. The topological polar surface area (TPSA) is 67.2 Å². The highest BCUT2D eigenvalue weighted by molar-refractivity contribution is 5.85. The highest BCUT2D eigenvalue weighted by Crippen LogP contribution is 2.30. The summed E-state index contributed by atoms with van der Waals surface area (Å²) in [7, 11) is 1.68. The number of likely N-dealkylation sites (tertiary alicyclic amines) is 1. The van der Waals surface area contributed by atoms with E-state index < -0.39 is 0 Å². The summed E-state index contributed by atoms with van der Waals surface area (Å²) in [5.41, 5.74) is 9.83. The van der Waals surface area contributed by atoms with Gasteiger partial charge in [0.2, 0.25) is 0 Å². The molecular weight excluding hydrogens is 324 g/mol. The molecule has 0 amide bonds. The van der Waals surface area contributed by atoms with Crippen LogP contribution >= 0.6 is 12.4 Å². The molecule has 1 aliphatic rings. The first-order chi connectivity index (χ1) is 11.0. The van der Waals surface area contributed by atoms with Crippen molar-refractivity contribution in [3.8, 4) is 17.0 Å². The van der Waals surface area contributed by atoms with Crippen molar-refractivity contribution in [3.05, 3.63) is 36.0 Å². The molecule has 0 spiro atoms. The fourth-order valence-electron chi connectivity index (χ4n) is 3.30. The van der Waals surface area contributed by atoms with Crippen molar-refractivity contribution in [1.82, 2.24) is 15.1 Å². The molecule has 3 N–H and O–H groups in total. The minimum Gasteiger partial charge on any atom is -0.497 e. The van der Waals surface area contributed by atoms with Crippen LogP contribution in [0.15, 0.2) is 30.5 Å². The summed E-state index contributed by atoms with van der Waals surface area (Å²) in [5, 5.41) is 7.39. The number of piperidine rings is 1. The van der Waals surface area contributed by atoms with E-state index in [2.05, 4.69) is 41.1 Å². The van der Waals surface area contributed by atoms with Crippen LogP contribution in [0.2, 0.25) is 0 Å². The van der Waals surface area contributed by atoms with Gasteiger partial charge in [0, 0.05) is 36.8 Å². The Balaban J connectivity index is 0.00000208. The van der Waals surface area contributed by atoms with Crippen LogP contribution in [0.3, 0.4) is 0 Å². The van der Waals surface area contributed by atoms with Gasteiger partial charge in [0.25, 0.3) is 0 Å². The second-order valence-corrected chi connectivity index (χ2v) is 7.09. The third kappa shape index (κ3) is 3.91. The number of aromatic nitrogens is 2. The fourth-order valence-corrected chi connectivity index (χ4v) is 3.30. The number of nitrogens with zero attached hydrogens (tertiary/aromatic N) is 2. The Kier molecular flexibility index (Phi) is 5.91. The maximum Gasteiger partial charge on any atom is 0.118 e. The molecule has 1 fully saturated rings. The highest BCUT2D eigenvalue weighted by Gasteiger charge is 2.33. The molecule has 1 aromatic carbocycles. The summed E-state index contributed by atoms with van der Waals surface area (Å²) >= 11 is 0. The summed E-state index contributed by atoms with van der Waals surface area (Å²) in [6, 6.07) is 8.35. The maximum atomic E-state index is 6.24. The number of benzene rings is 1. The number of nitrogens with one attached hydrogen (secondary N) is 1. The van der Waals surface area contributed by atoms with Crippen LogP contribution in [0, 0.1) is 5.41 Å². The van der Waals surface area contributed by atoms with Gasteiger partial charge in [0.15, 0.2) is 0 Å². The quantitative estimate of drug-likeness (QED) is 0.889. The van der Waals surface area contributed by atoms with E-state index >= 15 is 0 Å². The molecule has 0 radical (unpaired) electrons. The number of hydrogen-bond acceptors (Lipinski definition) is 4. The SMILES string of the molecule is COc1ccc(-c2[nH]ncc2CN2CCC(N)C(C)(C)C2)cc1.Cl. The molecule has 1 atom stereocenters. The van der Waals surface area contributed by atoms with Gasteiger partial charge in [-0.3, -0.25) is 10.00 Å². The van der Waals surface area contributed by atoms with Gasteiger partial charge in [0.05, 0.1) is 19.0 Å². The highest BCUT2D eigenvalue weighted by atomic mass is 35.5. The van der Waals surface area contributed by atoms with Crippen LogP contribution in [0.25, 0.3) is 11.3 Å². The largest absolute Gasteiger partial charge is 0.497 e. The number of nitrogens with two attached hydrogens (primary N) is 1. The number of methoxy groups -OCH3 is 1. The van der Waals surface area contributed by atoms with Crippen molar-refractivity contribution in [1.29, 1.82) is 0 Å². The smallest absolute Gasteiger partial charge is 0.118 e. The van der Waals surface area contributed by atoms with Gasteiger partial charge in [-0.25, -0.2) is 0 Å². The molecule has 1 aliphatic heterocycles. The predicted octanol–water partition coefficient (Wildman–Crippen LogP) is 3.07. The molecule has 1 saturated heterocycles. The van der Waals surface area contributed by atoms with Gasteiger partial charge >= 0.3 is 0 Å². The molecule has 5 nitrogen and oxygen atoms in total. The molecule has 3 rings (SSSR count). The zero-order chi connectivity index (χ0) is 16.4. The lowest BCUT2D eigenvalue weighted by molar-refractivity contribution is 0.0900. The number of halogens is 1. The van der Waals surface area contributed by atoms with E-state index in [1.165, 1.54) is 5.56 Å². The Morgan fingerprint density at radius 2 is 2.04 bits per heavy atom. The number of hydrogen-bond donors (Lipinski definition) is 2. The first-order valence-corrected chi connectivity index (χ1v) is 8.14. The van der Waals surface area contributed by atoms with Crippen molar-refractivity contribution in [2.45, 2.75) is 32.9 Å². The van der Waals surface area contributed by atoms with E-state index in [0.717, 1.165) is 43.1 Å². The van der Waals surface area contributed by atoms with Crippen LogP contribution in [0.1, 0.15) is 25.8 Å². The van der Waals surface area contributed by atoms with Gasteiger partial charge in [-0.2, -0.15) is 5.10 Å². The van der Waals surface area contributed by atoms with Gasteiger partial charge in [-0.15, -0.1) is 12.4 Å². The zero-order valence-corrected chi connectivity index (χ0v) is 15.4. The number of aromatic amines is 1. The summed E-state index contributed by atoms with van der Waals surface area (Å²) in [4.78, 5) is 2.47. The molecule has 6 heteroatoms. The van der Waals surface area contributed by atoms with Crippen LogP contribution in [0.4, 0.5) is 0 Å². The molecule has 132 valence electrons. The van der Waals surface area contributed by atoms with Crippen LogP contribution in [-0.2, 0) is 6.54 Å². The lowest BCUT2D eigenvalue weighted by Crippen LogP contribution is -2.52. The standard InChI is InChI=1S/C18H26N4O.ClH/c1-18(2)12-22(9-8-16(18)19)11-14-10-20-21-17(14)13-4-6-15(23-3)7-5-13;/h4-7,10,16H,8-9,11-12,19H2,1-3H3,(H,20,21);1H. The third-order valence-corrected chi connectivity index (χ3v) is 4.88. The van der Waals surface area contributed by atoms with Crippen molar-refractivity contribution in [3.63, 3.8) is 0 Å². The van der Waals surface area contributed by atoms with Gasteiger partial charge in [-0.1, -0.05) is 13.8 Å². The number of ether oxygens (including phenoxy) is 1. The molecule has 0 saturated carbocycles. The molecule has 2 heterocycles. The molecule has 0 bridgehead atoms. The Morgan fingerprint density at radius 3 is 2.67 bits per heavy atom. The van der Waals surface area contributed by atoms with E-state index in [1.54, 1.807) is 7.11 Å². The van der Waals surface area contributed by atoms with Crippen molar-refractivity contribution < 1.29 is 4.74 Å². The average Bonchev–Trinajstić information content (AvgIpc) is 2.99. The van der Waals surface area contributed by atoms with Crippen molar-refractivity contribution >= 4 is 12.4 Å². The Hall–Kier alpha value is -1.56. The van der Waals surface area contributed by atoms with Gasteiger partial charge < -0.3 is 10.5 Å². The monoisotopic (exact) mass is 350 g/mol. The van der Waals surface area contributed by atoms with Crippen LogP contribution in [-0.4, -0.2) is 41.3 Å². The predicted molar refractivity (Wildman–Crippen MR) is 99.5 cm³/mol. The summed E-state index contributed by atoms with van der Waals surface area (Å²) in [5.74, 6) is 0.863. The maximum absolute atomic E-state index is 6.24. The normalized spacial score (nSPS) is 20.4. The van der Waals surface area contributed by atoms with Crippen molar-refractivity contribution in [2.24, 2.45) is 11.1 Å². The molecule has 2 aromatic rings. The van der Waals surface area contributed by atoms with E-state index in [-0.39, 0.29) is 23.9 Å². The molecule has 1 aromatic heterocycles. The molecular formula is C18H27ClN4O. The molecule has 1 unspecified atom stereocenters. The number of H-pyrrole nitrogens is 1. The first kappa shape index (κ1) is 18.8. The van der Waals surface area contributed by atoms with E-state index in [9.17, 15) is 0 Å². The summed E-state index contributed by atoms with van der Waals surface area (Å²) in [6.07, 6.45) is 2.98. The van der Waals surface area contributed by atoms with Gasteiger partial charge in [0.1, 0.15) is 5.75 Å². The van der Waals surface area contributed by atoms with Crippen molar-refractivity contribution in [2.75, 3.05) is 20.2 Å². The van der Waals surface area contributed by atoms with Gasteiger partial charge in [-0.05, 0) is 36.1 Å². The molecule has 24 heavy (non-hydrogen) atoms. The zero-order valence-electron chi connectivity index (χ0n) is 14.6. The Morgan fingerprint density at radius 1 is 1.33 bits per heavy atom. The molecule has 0 aliphatic carbocycles. The Labute approximate surface area is 150 Å². The Bertz CT molecular complexity index is 653. The summed E-state index contributed by atoms with van der Waals surface area (Å²) < 4.78 is 5.23. The van der Waals surface area contributed by atoms with Crippen LogP contribution in [0.5, 0.6) is 5.75 Å². The fraction of sp³-hybridized carbons (Fsp3) is 0.500. The average molecular weight is 351 g/mol. The van der Waals surface area contributed by atoms with Crippen LogP contribution < -0.4 is 10.5 Å². The lowest BCUT2D eigenvalue weighted by atomic mass is 9.79. The minimum absolute atomic E-state index is 0. The lowest BCUT2D eigenvalue weighted by Gasteiger charge is -2.42. The first-order valence-electron chi connectivity index (χ1n) is 8.14. The van der Waals surface area contributed by atoms with E-state index in [4.69, 9.17) is 10.5 Å². The van der Waals surface area contributed by atoms with E-state index in [1.807, 2.05) is 18.3 Å².